The van der Waals surface area contributed by atoms with Crippen molar-refractivity contribution in [3.63, 3.8) is 0 Å². The topological polar surface area (TPSA) is 161 Å². The van der Waals surface area contributed by atoms with Crippen molar-refractivity contribution in [1.29, 1.82) is 0 Å². The molecule has 0 aromatic heterocycles. The average molecular weight is 432 g/mol. The van der Waals surface area contributed by atoms with E-state index in [0.29, 0.717) is 12.8 Å². The van der Waals surface area contributed by atoms with Crippen LogP contribution in [0.3, 0.4) is 0 Å². The molecule has 170 valence electrons. The van der Waals surface area contributed by atoms with E-state index in [1.807, 2.05) is 0 Å². The molecule has 0 radical (unpaired) electrons. The number of fused-ring (bicyclic) bond motifs is 1. The molecule has 30 heavy (non-hydrogen) atoms. The number of carbonyl (C=O) groups excluding carboxylic acids is 2. The Kier molecular flexibility index (Phi) is 6.70. The molecule has 0 spiro atoms. The van der Waals surface area contributed by atoms with Crippen LogP contribution in [0, 0.1) is 11.8 Å². The second kappa shape index (κ2) is 8.77. The number of hydrogen-bond donors (Lipinski definition) is 4. The smallest absolute Gasteiger partial charge is 0.337 e. The highest BCUT2D eigenvalue weighted by atomic mass is 16.8. The average Bonchev–Trinajstić information content (AvgIpc) is 3.04. The predicted octanol–water partition coefficient (Wildman–Crippen LogP) is -1.44. The van der Waals surface area contributed by atoms with E-state index in [0.717, 1.165) is 0 Å². The summed E-state index contributed by atoms with van der Waals surface area (Å²) in [5, 5.41) is 39.6. The maximum absolute atomic E-state index is 12.2. The Bertz CT molecular complexity index is 692. The summed E-state index contributed by atoms with van der Waals surface area (Å²) in [6.07, 6.45) is -6.37. The van der Waals surface area contributed by atoms with E-state index in [9.17, 15) is 30.0 Å². The van der Waals surface area contributed by atoms with Gasteiger partial charge in [-0.05, 0) is 19.8 Å². The van der Waals surface area contributed by atoms with Crippen molar-refractivity contribution in [2.75, 3.05) is 13.7 Å². The number of aliphatic hydroxyl groups is 4. The molecule has 1 saturated heterocycles. The van der Waals surface area contributed by atoms with Crippen molar-refractivity contribution >= 4 is 11.9 Å². The van der Waals surface area contributed by atoms with E-state index in [4.69, 9.17) is 23.7 Å². The number of hydrogen-bond acceptors (Lipinski definition) is 11. The molecule has 9 unspecified atom stereocenters. The van der Waals surface area contributed by atoms with Gasteiger partial charge in [-0.3, -0.25) is 4.79 Å². The Balaban J connectivity index is 1.88. The highest BCUT2D eigenvalue weighted by molar-refractivity contribution is 5.89. The quantitative estimate of drug-likeness (QED) is 0.377. The fourth-order valence-electron chi connectivity index (χ4n) is 4.55. The summed E-state index contributed by atoms with van der Waals surface area (Å²) in [5.41, 5.74) is -0.768. The molecule has 1 aliphatic carbocycles. The van der Waals surface area contributed by atoms with E-state index < -0.39 is 73.0 Å². The minimum absolute atomic E-state index is 0.270. The molecule has 3 rings (SSSR count). The third-order valence-corrected chi connectivity index (χ3v) is 6.03. The highest BCUT2D eigenvalue weighted by Gasteiger charge is 2.58. The lowest BCUT2D eigenvalue weighted by atomic mass is 9.81. The highest BCUT2D eigenvalue weighted by Crippen LogP contribution is 2.51. The lowest BCUT2D eigenvalue weighted by Gasteiger charge is -2.44. The van der Waals surface area contributed by atoms with E-state index in [1.165, 1.54) is 20.3 Å². The number of rotatable bonds is 5. The monoisotopic (exact) mass is 432 g/mol. The number of ether oxygens (including phenoxy) is 5. The first-order valence-electron chi connectivity index (χ1n) is 9.72. The predicted molar refractivity (Wildman–Crippen MR) is 96.2 cm³/mol. The van der Waals surface area contributed by atoms with Crippen LogP contribution in [-0.4, -0.2) is 88.7 Å². The summed E-state index contributed by atoms with van der Waals surface area (Å²) < 4.78 is 27.2. The van der Waals surface area contributed by atoms with Crippen molar-refractivity contribution < 1.29 is 53.7 Å². The van der Waals surface area contributed by atoms with Gasteiger partial charge in [0.2, 0.25) is 6.29 Å². The summed E-state index contributed by atoms with van der Waals surface area (Å²) >= 11 is 0. The number of esters is 2. The molecule has 9 atom stereocenters. The van der Waals surface area contributed by atoms with E-state index in [-0.39, 0.29) is 5.57 Å². The van der Waals surface area contributed by atoms with Crippen molar-refractivity contribution in [2.24, 2.45) is 11.8 Å². The Labute approximate surface area is 173 Å². The number of methoxy groups -OCH3 is 1. The molecule has 0 aromatic rings. The van der Waals surface area contributed by atoms with Gasteiger partial charge in [0.05, 0.1) is 31.5 Å². The Morgan fingerprint density at radius 1 is 1.20 bits per heavy atom. The van der Waals surface area contributed by atoms with Gasteiger partial charge in [-0.25, -0.2) is 4.79 Å². The standard InChI is InChI=1S/C19H28O11/c1-8(21)30-19(2)5-4-9-10(16(25)26-3)7-27-17(12(9)19)29-18-15(24)14(23)13(22)11(6-20)28-18/h7,9,11-15,17-18,20,22-24H,4-6H2,1-3H3. The van der Waals surface area contributed by atoms with Gasteiger partial charge in [-0.15, -0.1) is 0 Å². The van der Waals surface area contributed by atoms with Crippen molar-refractivity contribution in [1.82, 2.24) is 0 Å². The number of aliphatic hydroxyl groups excluding tert-OH is 4. The van der Waals surface area contributed by atoms with Crippen LogP contribution >= 0.6 is 0 Å². The van der Waals surface area contributed by atoms with Gasteiger partial charge in [-0.2, -0.15) is 0 Å². The van der Waals surface area contributed by atoms with Gasteiger partial charge in [-0.1, -0.05) is 0 Å². The van der Waals surface area contributed by atoms with Gasteiger partial charge in [0, 0.05) is 12.8 Å². The van der Waals surface area contributed by atoms with Gasteiger partial charge in [0.15, 0.2) is 6.29 Å². The molecule has 0 amide bonds. The molecular formula is C19H28O11. The lowest BCUT2D eigenvalue weighted by Crippen LogP contribution is -2.60. The summed E-state index contributed by atoms with van der Waals surface area (Å²) in [6, 6.07) is 0. The summed E-state index contributed by atoms with van der Waals surface area (Å²) in [7, 11) is 1.24. The fourth-order valence-corrected chi connectivity index (χ4v) is 4.55. The number of carbonyl (C=O) groups is 2. The van der Waals surface area contributed by atoms with Crippen LogP contribution in [0.5, 0.6) is 0 Å². The van der Waals surface area contributed by atoms with Gasteiger partial charge >= 0.3 is 11.9 Å². The van der Waals surface area contributed by atoms with E-state index >= 15 is 0 Å². The lowest BCUT2D eigenvalue weighted by molar-refractivity contribution is -0.346. The van der Waals surface area contributed by atoms with Crippen LogP contribution in [0.25, 0.3) is 0 Å². The Morgan fingerprint density at radius 2 is 1.90 bits per heavy atom. The maximum atomic E-state index is 12.2. The molecule has 3 aliphatic rings. The first-order chi connectivity index (χ1) is 14.1. The molecule has 11 nitrogen and oxygen atoms in total. The molecule has 2 aliphatic heterocycles. The second-order valence-electron chi connectivity index (χ2n) is 7.98. The largest absolute Gasteiger partial charge is 0.471 e. The molecule has 11 heteroatoms. The van der Waals surface area contributed by atoms with Crippen LogP contribution in [0.4, 0.5) is 0 Å². The first-order valence-corrected chi connectivity index (χ1v) is 9.72. The van der Waals surface area contributed by atoms with Crippen LogP contribution in [-0.2, 0) is 33.3 Å². The SMILES string of the molecule is COC(=O)C1=COC(OC2OC(CO)C(O)C(O)C2O)C2C1CCC2(C)OC(C)=O. The van der Waals surface area contributed by atoms with E-state index in [1.54, 1.807) is 6.92 Å². The molecule has 4 N–H and O–H groups in total. The molecular weight excluding hydrogens is 404 g/mol. The molecule has 2 heterocycles. The summed E-state index contributed by atoms with van der Waals surface area (Å²) in [6.45, 7) is 2.36. The minimum Gasteiger partial charge on any atom is -0.471 e. The molecule has 0 bridgehead atoms. The normalized spacial score (nSPS) is 43.2. The van der Waals surface area contributed by atoms with Gasteiger partial charge < -0.3 is 44.1 Å². The first kappa shape index (κ1) is 22.9. The molecule has 1 saturated carbocycles. The third-order valence-electron chi connectivity index (χ3n) is 6.03. The van der Waals surface area contributed by atoms with Gasteiger partial charge in [0.1, 0.15) is 30.0 Å². The van der Waals surface area contributed by atoms with Crippen LogP contribution in [0.1, 0.15) is 26.7 Å². The summed E-state index contributed by atoms with van der Waals surface area (Å²) in [4.78, 5) is 23.9. The van der Waals surface area contributed by atoms with Crippen LogP contribution < -0.4 is 0 Å². The zero-order valence-electron chi connectivity index (χ0n) is 17.0. The van der Waals surface area contributed by atoms with Crippen molar-refractivity contribution in [3.8, 4) is 0 Å². The minimum atomic E-state index is -1.63. The Morgan fingerprint density at radius 3 is 2.50 bits per heavy atom. The third kappa shape index (κ3) is 4.05. The van der Waals surface area contributed by atoms with E-state index in [2.05, 4.69) is 0 Å². The van der Waals surface area contributed by atoms with Crippen LogP contribution in [0.2, 0.25) is 0 Å². The maximum Gasteiger partial charge on any atom is 0.337 e. The molecule has 0 aromatic carbocycles. The summed E-state index contributed by atoms with van der Waals surface area (Å²) in [5.74, 6) is -2.15. The Hall–Kier alpha value is -1.76. The van der Waals surface area contributed by atoms with Crippen molar-refractivity contribution in [3.05, 3.63) is 11.8 Å². The zero-order chi connectivity index (χ0) is 22.2. The van der Waals surface area contributed by atoms with Gasteiger partial charge in [0.25, 0.3) is 0 Å². The van der Waals surface area contributed by atoms with Crippen LogP contribution in [0.15, 0.2) is 11.8 Å². The second-order valence-corrected chi connectivity index (χ2v) is 7.98. The van der Waals surface area contributed by atoms with Crippen molar-refractivity contribution in [2.45, 2.75) is 69.3 Å². The zero-order valence-corrected chi connectivity index (χ0v) is 17.0. The fraction of sp³-hybridized carbons (Fsp3) is 0.789. The molecule has 2 fully saturated rings.